The molecule has 2 aliphatic carbocycles. The number of pyridine rings is 1. The molecule has 0 aromatic carbocycles. The molecule has 0 radical (unpaired) electrons. The topological polar surface area (TPSA) is 56.5 Å². The van der Waals surface area contributed by atoms with E-state index < -0.39 is 0 Å². The van der Waals surface area contributed by atoms with Crippen LogP contribution in [0.5, 0.6) is 0 Å². The van der Waals surface area contributed by atoms with Gasteiger partial charge in [0.25, 0.3) is 0 Å². The first kappa shape index (κ1) is 12.8. The van der Waals surface area contributed by atoms with Crippen LogP contribution in [0.25, 0.3) is 5.65 Å². The number of carbonyl (C=O) groups excluding carboxylic acids is 1. The van der Waals surface area contributed by atoms with Crippen LogP contribution in [-0.2, 0) is 11.2 Å². The first-order valence-electron chi connectivity index (χ1n) is 7.66. The van der Waals surface area contributed by atoms with Crippen LogP contribution in [0.2, 0.25) is 0 Å². The summed E-state index contributed by atoms with van der Waals surface area (Å²) in [5, 5.41) is 8.54. The van der Waals surface area contributed by atoms with Crippen molar-refractivity contribution in [3.8, 4) is 0 Å². The summed E-state index contributed by atoms with van der Waals surface area (Å²) in [7, 11) is 1.40. The Balaban J connectivity index is 1.64. The number of hydrogen-bond acceptors (Lipinski definition) is 4. The first-order chi connectivity index (χ1) is 10.2. The van der Waals surface area contributed by atoms with E-state index in [1.54, 1.807) is 12.3 Å². The molecule has 0 amide bonds. The van der Waals surface area contributed by atoms with Gasteiger partial charge in [-0.15, -0.1) is 10.2 Å². The molecule has 21 heavy (non-hydrogen) atoms. The molecule has 2 heterocycles. The van der Waals surface area contributed by atoms with Crippen molar-refractivity contribution in [3.63, 3.8) is 0 Å². The third-order valence-corrected chi connectivity index (χ3v) is 5.22. The molecule has 5 heteroatoms. The highest BCUT2D eigenvalue weighted by molar-refractivity contribution is 5.89. The largest absolute Gasteiger partial charge is 0.465 e. The lowest BCUT2D eigenvalue weighted by molar-refractivity contribution is 0.0600. The summed E-state index contributed by atoms with van der Waals surface area (Å²) in [5.74, 6) is 3.18. The van der Waals surface area contributed by atoms with Crippen LogP contribution in [0.3, 0.4) is 0 Å². The number of carbonyl (C=O) groups is 1. The summed E-state index contributed by atoms with van der Waals surface area (Å²) in [6, 6.07) is 3.56. The van der Waals surface area contributed by atoms with Gasteiger partial charge in [0.2, 0.25) is 0 Å². The van der Waals surface area contributed by atoms with E-state index in [9.17, 15) is 4.79 Å². The Bertz CT molecular complexity index is 694. The Hall–Kier alpha value is -1.91. The van der Waals surface area contributed by atoms with Crippen LogP contribution >= 0.6 is 0 Å². The minimum atomic E-state index is -0.323. The monoisotopic (exact) mass is 285 g/mol. The molecule has 0 spiro atoms. The van der Waals surface area contributed by atoms with E-state index in [1.165, 1.54) is 32.8 Å². The molecule has 4 rings (SSSR count). The molecule has 2 aromatic rings. The van der Waals surface area contributed by atoms with E-state index in [0.29, 0.717) is 5.56 Å². The van der Waals surface area contributed by atoms with Crippen molar-refractivity contribution in [1.82, 2.24) is 14.6 Å². The molecule has 0 saturated heterocycles. The lowest BCUT2D eigenvalue weighted by atomic mass is 9.86. The molecule has 2 fully saturated rings. The van der Waals surface area contributed by atoms with Crippen molar-refractivity contribution in [2.24, 2.45) is 17.8 Å². The van der Waals surface area contributed by atoms with Crippen molar-refractivity contribution in [2.45, 2.75) is 32.1 Å². The molecular formula is C16H19N3O2. The SMILES string of the molecule is COC(=O)c1ccc2nnc(CC3CC4CCC3C4)n2c1. The fraction of sp³-hybridized carbons (Fsp3) is 0.562. The van der Waals surface area contributed by atoms with Crippen LogP contribution in [0, 0.1) is 17.8 Å². The Morgan fingerprint density at radius 1 is 1.33 bits per heavy atom. The number of esters is 1. The molecule has 0 aliphatic heterocycles. The van der Waals surface area contributed by atoms with E-state index in [-0.39, 0.29) is 5.97 Å². The maximum atomic E-state index is 11.7. The van der Waals surface area contributed by atoms with Gasteiger partial charge in [0.15, 0.2) is 5.65 Å². The maximum Gasteiger partial charge on any atom is 0.339 e. The standard InChI is InChI=1S/C16H19N3O2/c1-21-16(20)12-4-5-14-17-18-15(19(14)9-12)8-13-7-10-2-3-11(13)6-10/h4-5,9-11,13H,2-3,6-8H2,1H3. The van der Waals surface area contributed by atoms with Gasteiger partial charge in [-0.25, -0.2) is 4.79 Å². The average Bonchev–Trinajstić information content (AvgIpc) is 3.22. The minimum Gasteiger partial charge on any atom is -0.465 e. The van der Waals surface area contributed by atoms with Crippen LogP contribution in [0.1, 0.15) is 41.9 Å². The Labute approximate surface area is 123 Å². The highest BCUT2D eigenvalue weighted by atomic mass is 16.5. The minimum absolute atomic E-state index is 0.323. The predicted octanol–water partition coefficient (Wildman–Crippen LogP) is 2.49. The Kier molecular flexibility index (Phi) is 2.94. The van der Waals surface area contributed by atoms with E-state index in [1.807, 2.05) is 10.5 Å². The molecule has 110 valence electrons. The van der Waals surface area contributed by atoms with E-state index in [0.717, 1.165) is 35.6 Å². The molecule has 2 bridgehead atoms. The molecule has 2 aliphatic rings. The number of fused-ring (bicyclic) bond motifs is 3. The second-order valence-corrected chi connectivity index (χ2v) is 6.39. The highest BCUT2D eigenvalue weighted by Crippen LogP contribution is 2.49. The van der Waals surface area contributed by atoms with Crippen molar-refractivity contribution in [2.75, 3.05) is 7.11 Å². The second-order valence-electron chi connectivity index (χ2n) is 6.39. The number of hydrogen-bond donors (Lipinski definition) is 0. The summed E-state index contributed by atoms with van der Waals surface area (Å²) in [6.07, 6.45) is 8.27. The number of nitrogens with zero attached hydrogens (tertiary/aromatic N) is 3. The Morgan fingerprint density at radius 2 is 2.24 bits per heavy atom. The summed E-state index contributed by atoms with van der Waals surface area (Å²) >= 11 is 0. The molecule has 5 nitrogen and oxygen atoms in total. The summed E-state index contributed by atoms with van der Waals surface area (Å²) in [6.45, 7) is 0. The second kappa shape index (κ2) is 4.83. The normalized spacial score (nSPS) is 27.4. The summed E-state index contributed by atoms with van der Waals surface area (Å²) < 4.78 is 6.72. The average molecular weight is 285 g/mol. The molecule has 2 aromatic heterocycles. The molecule has 3 unspecified atom stereocenters. The van der Waals surface area contributed by atoms with Crippen LogP contribution in [0.4, 0.5) is 0 Å². The van der Waals surface area contributed by atoms with Gasteiger partial charge in [-0.2, -0.15) is 0 Å². The van der Waals surface area contributed by atoms with E-state index >= 15 is 0 Å². The summed E-state index contributed by atoms with van der Waals surface area (Å²) in [5.41, 5.74) is 1.33. The van der Waals surface area contributed by atoms with Gasteiger partial charge in [0.1, 0.15) is 5.82 Å². The number of methoxy groups -OCH3 is 1. The van der Waals surface area contributed by atoms with Crippen LogP contribution in [0.15, 0.2) is 18.3 Å². The van der Waals surface area contributed by atoms with Crippen molar-refractivity contribution in [3.05, 3.63) is 29.7 Å². The zero-order valence-electron chi connectivity index (χ0n) is 12.2. The summed E-state index contributed by atoms with van der Waals surface area (Å²) in [4.78, 5) is 11.7. The fourth-order valence-corrected chi connectivity index (χ4v) is 4.18. The van der Waals surface area contributed by atoms with Gasteiger partial charge < -0.3 is 4.74 Å². The van der Waals surface area contributed by atoms with E-state index in [2.05, 4.69) is 10.2 Å². The highest BCUT2D eigenvalue weighted by Gasteiger charge is 2.39. The number of ether oxygens (including phenoxy) is 1. The van der Waals surface area contributed by atoms with Gasteiger partial charge in [-0.05, 0) is 49.1 Å². The molecule has 0 N–H and O–H groups in total. The smallest absolute Gasteiger partial charge is 0.339 e. The number of aromatic nitrogens is 3. The van der Waals surface area contributed by atoms with Gasteiger partial charge in [-0.1, -0.05) is 6.42 Å². The van der Waals surface area contributed by atoms with Crippen molar-refractivity contribution in [1.29, 1.82) is 0 Å². The third kappa shape index (κ3) is 2.11. The van der Waals surface area contributed by atoms with Gasteiger partial charge in [-0.3, -0.25) is 4.40 Å². The van der Waals surface area contributed by atoms with Crippen molar-refractivity contribution < 1.29 is 9.53 Å². The lowest BCUT2D eigenvalue weighted by Crippen LogP contribution is -2.15. The Morgan fingerprint density at radius 3 is 2.95 bits per heavy atom. The van der Waals surface area contributed by atoms with Crippen LogP contribution in [-0.4, -0.2) is 27.7 Å². The lowest BCUT2D eigenvalue weighted by Gasteiger charge is -2.20. The maximum absolute atomic E-state index is 11.7. The number of rotatable bonds is 3. The zero-order valence-corrected chi connectivity index (χ0v) is 12.2. The first-order valence-corrected chi connectivity index (χ1v) is 7.66. The van der Waals surface area contributed by atoms with E-state index in [4.69, 9.17) is 4.74 Å². The van der Waals surface area contributed by atoms with Gasteiger partial charge in [0.05, 0.1) is 12.7 Å². The fourth-order valence-electron chi connectivity index (χ4n) is 4.18. The molecule has 2 saturated carbocycles. The molecular weight excluding hydrogens is 266 g/mol. The zero-order chi connectivity index (χ0) is 14.4. The predicted molar refractivity (Wildman–Crippen MR) is 77.0 cm³/mol. The van der Waals surface area contributed by atoms with Gasteiger partial charge >= 0.3 is 5.97 Å². The quantitative estimate of drug-likeness (QED) is 0.813. The molecule has 3 atom stereocenters. The third-order valence-electron chi connectivity index (χ3n) is 5.22. The van der Waals surface area contributed by atoms with Crippen LogP contribution < -0.4 is 0 Å². The van der Waals surface area contributed by atoms with Gasteiger partial charge in [0, 0.05) is 12.6 Å². The van der Waals surface area contributed by atoms with Crippen molar-refractivity contribution >= 4 is 11.6 Å².